The van der Waals surface area contributed by atoms with Gasteiger partial charge < -0.3 is 4.74 Å². The van der Waals surface area contributed by atoms with Gasteiger partial charge in [-0.1, -0.05) is 27.7 Å². The summed E-state index contributed by atoms with van der Waals surface area (Å²) in [5.41, 5.74) is 0.445. The van der Waals surface area contributed by atoms with E-state index >= 15 is 0 Å². The van der Waals surface area contributed by atoms with Crippen LogP contribution in [-0.2, 0) is 11.2 Å². The number of hydrogen-bond donors (Lipinski definition) is 0. The normalized spacial score (nSPS) is 34.4. The smallest absolute Gasteiger partial charge is 0.348 e. The summed E-state index contributed by atoms with van der Waals surface area (Å²) in [6.07, 6.45) is 4.59. The number of thiophene rings is 1. The Balaban J connectivity index is 1.75. The summed E-state index contributed by atoms with van der Waals surface area (Å²) in [6.45, 7) is 9.11. The first-order chi connectivity index (χ1) is 9.38. The Morgan fingerprint density at radius 3 is 2.65 bits per heavy atom. The van der Waals surface area contributed by atoms with Crippen LogP contribution in [0.5, 0.6) is 0 Å². The minimum absolute atomic E-state index is 0.0935. The van der Waals surface area contributed by atoms with Gasteiger partial charge in [0, 0.05) is 10.3 Å². The third kappa shape index (κ3) is 1.86. The molecule has 2 nitrogen and oxygen atoms in total. The van der Waals surface area contributed by atoms with E-state index in [2.05, 4.69) is 27.7 Å². The predicted molar refractivity (Wildman–Crippen MR) is 82.1 cm³/mol. The monoisotopic (exact) mass is 292 g/mol. The molecule has 0 N–H and O–H groups in total. The van der Waals surface area contributed by atoms with Crippen molar-refractivity contribution in [3.63, 3.8) is 0 Å². The zero-order valence-corrected chi connectivity index (χ0v) is 13.7. The van der Waals surface area contributed by atoms with Crippen molar-refractivity contribution in [1.82, 2.24) is 0 Å². The minimum atomic E-state index is -0.121. The first-order valence-electron chi connectivity index (χ1n) is 7.68. The number of carbonyl (C=O) groups is 1. The average molecular weight is 292 g/mol. The average Bonchev–Trinajstić information content (AvgIpc) is 3.01. The third-order valence-corrected chi connectivity index (χ3v) is 7.38. The van der Waals surface area contributed by atoms with Gasteiger partial charge in [-0.25, -0.2) is 4.79 Å². The molecule has 2 saturated carbocycles. The maximum absolute atomic E-state index is 12.3. The number of fused-ring (bicyclic) bond motifs is 2. The highest BCUT2D eigenvalue weighted by molar-refractivity contribution is 7.13. The first kappa shape index (κ1) is 14.1. The lowest BCUT2D eigenvalue weighted by Gasteiger charge is -2.38. The van der Waals surface area contributed by atoms with Gasteiger partial charge in [0.2, 0.25) is 0 Å². The van der Waals surface area contributed by atoms with E-state index in [1.807, 2.05) is 12.1 Å². The SMILES string of the molecule is CCc1ccc(C(=O)OC2CC3CCC2(C)C3(C)C)s1. The molecule has 0 spiro atoms. The lowest BCUT2D eigenvalue weighted by atomic mass is 9.70. The zero-order valence-electron chi connectivity index (χ0n) is 12.9. The fourth-order valence-electron chi connectivity index (χ4n) is 4.17. The van der Waals surface area contributed by atoms with E-state index in [9.17, 15) is 4.79 Å². The second kappa shape index (κ2) is 4.59. The van der Waals surface area contributed by atoms with Crippen molar-refractivity contribution in [3.05, 3.63) is 21.9 Å². The van der Waals surface area contributed by atoms with Gasteiger partial charge >= 0.3 is 5.97 Å². The fourth-order valence-corrected chi connectivity index (χ4v) is 5.00. The van der Waals surface area contributed by atoms with E-state index in [0.717, 1.165) is 17.7 Å². The molecule has 3 heteroatoms. The second-order valence-electron chi connectivity index (χ2n) is 7.12. The third-order valence-electron chi connectivity index (χ3n) is 6.17. The zero-order chi connectivity index (χ0) is 14.5. The molecule has 1 aromatic rings. The Hall–Kier alpha value is -0.830. The molecule has 20 heavy (non-hydrogen) atoms. The number of aryl methyl sites for hydroxylation is 1. The van der Waals surface area contributed by atoms with E-state index in [4.69, 9.17) is 4.74 Å². The van der Waals surface area contributed by atoms with Crippen molar-refractivity contribution >= 4 is 17.3 Å². The fraction of sp³-hybridized carbons (Fsp3) is 0.706. The van der Waals surface area contributed by atoms with Gasteiger partial charge in [-0.05, 0) is 49.1 Å². The maximum atomic E-state index is 12.3. The van der Waals surface area contributed by atoms with E-state index in [-0.39, 0.29) is 17.5 Å². The van der Waals surface area contributed by atoms with Gasteiger partial charge in [0.05, 0.1) is 0 Å². The summed E-state index contributed by atoms with van der Waals surface area (Å²) >= 11 is 1.57. The Morgan fingerprint density at radius 1 is 1.40 bits per heavy atom. The Bertz CT molecular complexity index is 531. The molecule has 2 fully saturated rings. The van der Waals surface area contributed by atoms with Gasteiger partial charge in [-0.3, -0.25) is 0 Å². The van der Waals surface area contributed by atoms with E-state index in [1.165, 1.54) is 17.7 Å². The standard InChI is InChI=1S/C17H24O2S/c1-5-12-6-7-13(20-12)15(18)19-14-10-11-8-9-17(14,4)16(11,2)3/h6-7,11,14H,5,8-10H2,1-4H3. The van der Waals surface area contributed by atoms with Crippen molar-refractivity contribution in [3.8, 4) is 0 Å². The summed E-state index contributed by atoms with van der Waals surface area (Å²) in [4.78, 5) is 14.3. The molecular formula is C17H24O2S. The van der Waals surface area contributed by atoms with Crippen LogP contribution in [0.15, 0.2) is 12.1 Å². The summed E-state index contributed by atoms with van der Waals surface area (Å²) in [5, 5.41) is 0. The molecule has 3 unspecified atom stereocenters. The summed E-state index contributed by atoms with van der Waals surface area (Å²) < 4.78 is 5.90. The van der Waals surface area contributed by atoms with Crippen LogP contribution in [-0.4, -0.2) is 12.1 Å². The van der Waals surface area contributed by atoms with Crippen LogP contribution in [0.2, 0.25) is 0 Å². The molecule has 0 aliphatic heterocycles. The molecule has 0 radical (unpaired) electrons. The molecule has 3 atom stereocenters. The molecule has 3 rings (SSSR count). The molecule has 2 bridgehead atoms. The number of esters is 1. The van der Waals surface area contributed by atoms with Gasteiger partial charge in [-0.15, -0.1) is 11.3 Å². The maximum Gasteiger partial charge on any atom is 0.348 e. The molecule has 110 valence electrons. The lowest BCUT2D eigenvalue weighted by molar-refractivity contribution is -0.0238. The second-order valence-corrected chi connectivity index (χ2v) is 8.29. The van der Waals surface area contributed by atoms with Crippen LogP contribution in [0, 0.1) is 16.7 Å². The number of rotatable bonds is 3. The van der Waals surface area contributed by atoms with Crippen LogP contribution in [0.1, 0.15) is 61.5 Å². The van der Waals surface area contributed by atoms with Gasteiger partial charge in [0.25, 0.3) is 0 Å². The van der Waals surface area contributed by atoms with E-state index in [1.54, 1.807) is 11.3 Å². The van der Waals surface area contributed by atoms with Gasteiger partial charge in [0.1, 0.15) is 11.0 Å². The summed E-state index contributed by atoms with van der Waals surface area (Å²) in [7, 11) is 0. The highest BCUT2D eigenvalue weighted by atomic mass is 32.1. The Morgan fingerprint density at radius 2 is 2.15 bits per heavy atom. The number of carbonyl (C=O) groups excluding carboxylic acids is 1. The molecule has 0 amide bonds. The van der Waals surface area contributed by atoms with E-state index in [0.29, 0.717) is 11.3 Å². The molecule has 0 aromatic carbocycles. The molecule has 0 saturated heterocycles. The predicted octanol–water partition coefficient (Wildman–Crippen LogP) is 4.68. The summed E-state index contributed by atoms with van der Waals surface area (Å²) in [5.74, 6) is 0.587. The van der Waals surface area contributed by atoms with Crippen molar-refractivity contribution in [2.24, 2.45) is 16.7 Å². The number of ether oxygens (including phenoxy) is 1. The quantitative estimate of drug-likeness (QED) is 0.756. The molecular weight excluding hydrogens is 268 g/mol. The van der Waals surface area contributed by atoms with Crippen LogP contribution in [0.3, 0.4) is 0 Å². The van der Waals surface area contributed by atoms with Gasteiger partial charge in [-0.2, -0.15) is 0 Å². The van der Waals surface area contributed by atoms with Crippen molar-refractivity contribution in [1.29, 1.82) is 0 Å². The van der Waals surface area contributed by atoms with Crippen molar-refractivity contribution < 1.29 is 9.53 Å². The number of hydrogen-bond acceptors (Lipinski definition) is 3. The first-order valence-corrected chi connectivity index (χ1v) is 8.50. The summed E-state index contributed by atoms with van der Waals surface area (Å²) in [6, 6.07) is 3.94. The largest absolute Gasteiger partial charge is 0.458 e. The molecule has 1 heterocycles. The van der Waals surface area contributed by atoms with Crippen LogP contribution < -0.4 is 0 Å². The highest BCUT2D eigenvalue weighted by Gasteiger charge is 2.62. The highest BCUT2D eigenvalue weighted by Crippen LogP contribution is 2.66. The molecule has 2 aliphatic carbocycles. The lowest BCUT2D eigenvalue weighted by Crippen LogP contribution is -2.38. The van der Waals surface area contributed by atoms with Crippen LogP contribution in [0.4, 0.5) is 0 Å². The Labute approximate surface area is 125 Å². The van der Waals surface area contributed by atoms with Crippen molar-refractivity contribution in [2.75, 3.05) is 0 Å². The van der Waals surface area contributed by atoms with Crippen LogP contribution in [0.25, 0.3) is 0 Å². The van der Waals surface area contributed by atoms with Gasteiger partial charge in [0.15, 0.2) is 0 Å². The molecule has 1 aromatic heterocycles. The van der Waals surface area contributed by atoms with Crippen LogP contribution >= 0.6 is 11.3 Å². The topological polar surface area (TPSA) is 26.3 Å². The Kier molecular flexibility index (Phi) is 3.24. The molecule has 2 aliphatic rings. The van der Waals surface area contributed by atoms with E-state index < -0.39 is 0 Å². The minimum Gasteiger partial charge on any atom is -0.458 e. The van der Waals surface area contributed by atoms with Crippen molar-refractivity contribution in [2.45, 2.75) is 59.5 Å².